The third-order valence-corrected chi connectivity index (χ3v) is 7.21. The molecule has 3 heterocycles. The van der Waals surface area contributed by atoms with E-state index < -0.39 is 0 Å². The predicted octanol–water partition coefficient (Wildman–Crippen LogP) is 5.86. The molecule has 0 spiro atoms. The lowest BCUT2D eigenvalue weighted by atomic mass is 9.97. The molecule has 2 aromatic heterocycles. The maximum Gasteiger partial charge on any atom is 0.257 e. The van der Waals surface area contributed by atoms with E-state index in [1.54, 1.807) is 18.3 Å². The average molecular weight is 519 g/mol. The zero-order chi connectivity index (χ0) is 26.8. The van der Waals surface area contributed by atoms with Gasteiger partial charge in [-0.2, -0.15) is 0 Å². The molecule has 6 nitrogen and oxygen atoms in total. The fourth-order valence-corrected chi connectivity index (χ4v) is 5.20. The first-order valence-corrected chi connectivity index (χ1v) is 13.0. The van der Waals surface area contributed by atoms with Gasteiger partial charge in [0, 0.05) is 36.1 Å². The van der Waals surface area contributed by atoms with Gasteiger partial charge in [0.05, 0.1) is 22.5 Å². The number of fused-ring (bicyclic) bond motifs is 1. The number of halogens is 1. The maximum atomic E-state index is 13.5. The number of aromatic amines is 1. The van der Waals surface area contributed by atoms with E-state index in [0.29, 0.717) is 23.1 Å². The molecule has 2 N–H and O–H groups in total. The van der Waals surface area contributed by atoms with E-state index in [4.69, 9.17) is 4.98 Å². The van der Waals surface area contributed by atoms with Crippen LogP contribution in [0.3, 0.4) is 0 Å². The molecule has 3 aromatic carbocycles. The molecule has 1 saturated heterocycles. The molecular formula is C32H27FN4O2. The first-order chi connectivity index (χ1) is 19.0. The number of H-pyrrole nitrogens is 1. The fraction of sp³-hybridized carbons (Fsp3) is 0.156. The fourth-order valence-electron chi connectivity index (χ4n) is 5.20. The SMILES string of the molecule is O=C(Nc1cccc(F)c1)[C@@H]1CCN(Cc2ccc(-c3nc4cc[nH]c(=O)c4cc3-c3ccccc3)cc2)C1. The number of pyridine rings is 2. The molecule has 7 heteroatoms. The topological polar surface area (TPSA) is 78.1 Å². The Kier molecular flexibility index (Phi) is 6.73. The number of nitrogens with zero attached hydrogens (tertiary/aromatic N) is 2. The molecule has 39 heavy (non-hydrogen) atoms. The zero-order valence-electron chi connectivity index (χ0n) is 21.2. The summed E-state index contributed by atoms with van der Waals surface area (Å²) in [5.41, 5.74) is 5.80. The second-order valence-corrected chi connectivity index (χ2v) is 9.91. The number of rotatable bonds is 6. The molecule has 5 aromatic rings. The Labute approximate surface area is 225 Å². The normalized spacial score (nSPS) is 15.5. The highest BCUT2D eigenvalue weighted by atomic mass is 19.1. The molecule has 0 radical (unpaired) electrons. The number of anilines is 1. The number of likely N-dealkylation sites (tertiary alicyclic amines) is 1. The van der Waals surface area contributed by atoms with Crippen LogP contribution in [0.25, 0.3) is 33.3 Å². The Morgan fingerprint density at radius 3 is 2.59 bits per heavy atom. The van der Waals surface area contributed by atoms with Crippen LogP contribution in [0.5, 0.6) is 0 Å². The van der Waals surface area contributed by atoms with Crippen molar-refractivity contribution in [2.24, 2.45) is 5.92 Å². The lowest BCUT2D eigenvalue weighted by Gasteiger charge is -2.17. The summed E-state index contributed by atoms with van der Waals surface area (Å²) in [6.07, 6.45) is 2.38. The van der Waals surface area contributed by atoms with Crippen LogP contribution in [0.2, 0.25) is 0 Å². The van der Waals surface area contributed by atoms with Crippen molar-refractivity contribution in [1.82, 2.24) is 14.9 Å². The average Bonchev–Trinajstić information content (AvgIpc) is 3.42. The van der Waals surface area contributed by atoms with Gasteiger partial charge in [0.2, 0.25) is 5.91 Å². The summed E-state index contributed by atoms with van der Waals surface area (Å²) in [4.78, 5) is 35.0. The molecule has 0 unspecified atom stereocenters. The molecule has 0 saturated carbocycles. The molecule has 1 atom stereocenters. The molecule has 1 aliphatic heterocycles. The standard InChI is InChI=1S/C32H27FN4O2/c33-25-7-4-8-26(17-25)35-31(38)24-14-16-37(20-24)19-21-9-11-23(12-10-21)30-27(22-5-2-1-3-6-22)18-28-29(36-30)13-15-34-32(28)39/h1-13,15,17-18,24H,14,16,19-20H2,(H,34,39)(H,35,38)/t24-/m1/s1. The van der Waals surface area contributed by atoms with E-state index in [9.17, 15) is 14.0 Å². The summed E-state index contributed by atoms with van der Waals surface area (Å²) in [5, 5.41) is 3.39. The van der Waals surface area contributed by atoms with Gasteiger partial charge in [-0.05, 0) is 54.4 Å². The second kappa shape index (κ2) is 10.6. The van der Waals surface area contributed by atoms with Gasteiger partial charge in [-0.25, -0.2) is 9.37 Å². The summed E-state index contributed by atoms with van der Waals surface area (Å²) in [6.45, 7) is 2.21. The summed E-state index contributed by atoms with van der Waals surface area (Å²) in [7, 11) is 0. The molecule has 0 aliphatic carbocycles. The number of nitrogens with one attached hydrogen (secondary N) is 2. The monoisotopic (exact) mass is 518 g/mol. The lowest BCUT2D eigenvalue weighted by molar-refractivity contribution is -0.119. The van der Waals surface area contributed by atoms with Crippen molar-refractivity contribution in [3.63, 3.8) is 0 Å². The van der Waals surface area contributed by atoms with E-state index >= 15 is 0 Å². The molecule has 194 valence electrons. The minimum absolute atomic E-state index is 0.0758. The van der Waals surface area contributed by atoms with Crippen molar-refractivity contribution in [2.75, 3.05) is 18.4 Å². The highest BCUT2D eigenvalue weighted by Crippen LogP contribution is 2.33. The van der Waals surface area contributed by atoms with E-state index in [-0.39, 0.29) is 23.2 Å². The van der Waals surface area contributed by atoms with Gasteiger partial charge in [0.1, 0.15) is 5.82 Å². The van der Waals surface area contributed by atoms with Crippen LogP contribution in [-0.2, 0) is 11.3 Å². The largest absolute Gasteiger partial charge is 0.328 e. The van der Waals surface area contributed by atoms with Gasteiger partial charge < -0.3 is 10.3 Å². The summed E-state index contributed by atoms with van der Waals surface area (Å²) in [6, 6.07) is 28.0. The minimum atomic E-state index is -0.368. The van der Waals surface area contributed by atoms with Gasteiger partial charge in [-0.15, -0.1) is 0 Å². The van der Waals surface area contributed by atoms with Gasteiger partial charge in [-0.1, -0.05) is 60.7 Å². The molecule has 1 amide bonds. The molecule has 0 bridgehead atoms. The molecule has 6 rings (SSSR count). The van der Waals surface area contributed by atoms with Crippen molar-refractivity contribution in [1.29, 1.82) is 0 Å². The Morgan fingerprint density at radius 1 is 0.974 bits per heavy atom. The van der Waals surface area contributed by atoms with E-state index in [0.717, 1.165) is 47.5 Å². The van der Waals surface area contributed by atoms with E-state index in [1.165, 1.54) is 12.1 Å². The Morgan fingerprint density at radius 2 is 1.79 bits per heavy atom. The van der Waals surface area contributed by atoms with Crippen molar-refractivity contribution in [3.05, 3.63) is 119 Å². The van der Waals surface area contributed by atoms with Crippen molar-refractivity contribution >= 4 is 22.5 Å². The molecule has 1 fully saturated rings. The number of aromatic nitrogens is 2. The van der Waals surface area contributed by atoms with E-state index in [1.807, 2.05) is 42.5 Å². The van der Waals surface area contributed by atoms with Crippen molar-refractivity contribution < 1.29 is 9.18 Å². The third kappa shape index (κ3) is 5.35. The number of benzene rings is 3. The predicted molar refractivity (Wildman–Crippen MR) is 152 cm³/mol. The van der Waals surface area contributed by atoms with Crippen molar-refractivity contribution in [3.8, 4) is 22.4 Å². The van der Waals surface area contributed by atoms with Crippen LogP contribution >= 0.6 is 0 Å². The summed E-state index contributed by atoms with van der Waals surface area (Å²) in [5.74, 6) is -0.577. The van der Waals surface area contributed by atoms with Crippen LogP contribution in [0.4, 0.5) is 10.1 Å². The number of hydrogen-bond donors (Lipinski definition) is 2. The van der Waals surface area contributed by atoms with Gasteiger partial charge in [0.25, 0.3) is 5.56 Å². The number of carbonyl (C=O) groups excluding carboxylic acids is 1. The Hall–Kier alpha value is -4.62. The number of carbonyl (C=O) groups is 1. The van der Waals surface area contributed by atoms with Crippen LogP contribution in [0.15, 0.2) is 102 Å². The first kappa shape index (κ1) is 24.7. The zero-order valence-corrected chi connectivity index (χ0v) is 21.2. The van der Waals surface area contributed by atoms with Crippen LogP contribution in [0.1, 0.15) is 12.0 Å². The quantitative estimate of drug-likeness (QED) is 0.295. The maximum absolute atomic E-state index is 13.5. The minimum Gasteiger partial charge on any atom is -0.328 e. The Bertz CT molecular complexity index is 1700. The van der Waals surface area contributed by atoms with Crippen LogP contribution < -0.4 is 10.9 Å². The summed E-state index contributed by atoms with van der Waals surface area (Å²) >= 11 is 0. The van der Waals surface area contributed by atoms with E-state index in [2.05, 4.69) is 39.5 Å². The summed E-state index contributed by atoms with van der Waals surface area (Å²) < 4.78 is 13.5. The van der Waals surface area contributed by atoms with Crippen LogP contribution in [0, 0.1) is 11.7 Å². The van der Waals surface area contributed by atoms with Crippen molar-refractivity contribution in [2.45, 2.75) is 13.0 Å². The van der Waals surface area contributed by atoms with Gasteiger partial charge >= 0.3 is 0 Å². The molecular weight excluding hydrogens is 491 g/mol. The second-order valence-electron chi connectivity index (χ2n) is 9.91. The van der Waals surface area contributed by atoms with Gasteiger partial charge in [-0.3, -0.25) is 14.5 Å². The highest BCUT2D eigenvalue weighted by Gasteiger charge is 2.28. The van der Waals surface area contributed by atoms with Gasteiger partial charge in [0.15, 0.2) is 0 Å². The molecule has 1 aliphatic rings. The number of amides is 1. The van der Waals surface area contributed by atoms with Crippen LogP contribution in [-0.4, -0.2) is 33.9 Å². The third-order valence-electron chi connectivity index (χ3n) is 7.21. The first-order valence-electron chi connectivity index (χ1n) is 13.0. The lowest BCUT2D eigenvalue weighted by Crippen LogP contribution is -2.27. The smallest absolute Gasteiger partial charge is 0.257 e. The number of hydrogen-bond acceptors (Lipinski definition) is 4. The Balaban J connectivity index is 1.19. The highest BCUT2D eigenvalue weighted by molar-refractivity contribution is 5.93.